The van der Waals surface area contributed by atoms with Crippen LogP contribution >= 0.6 is 11.6 Å². The Labute approximate surface area is 121 Å². The lowest BCUT2D eigenvalue weighted by Crippen LogP contribution is -2.09. The third-order valence-electron chi connectivity index (χ3n) is 2.77. The third kappa shape index (κ3) is 2.64. The summed E-state index contributed by atoms with van der Waals surface area (Å²) in [6.45, 7) is 0. The average Bonchev–Trinajstić information content (AvgIpc) is 2.83. The van der Waals surface area contributed by atoms with Crippen LogP contribution in [0.5, 0.6) is 5.75 Å². The lowest BCUT2D eigenvalue weighted by atomic mass is 10.2. The van der Waals surface area contributed by atoms with Crippen LogP contribution in [0, 0.1) is 0 Å². The zero-order chi connectivity index (χ0) is 15.0. The van der Waals surface area contributed by atoms with Crippen LogP contribution in [0.1, 0.15) is 5.56 Å². The van der Waals surface area contributed by atoms with Crippen LogP contribution in [0.4, 0.5) is 13.2 Å². The molecule has 0 N–H and O–H groups in total. The van der Waals surface area contributed by atoms with Crippen LogP contribution < -0.4 is 4.84 Å². The zero-order valence-electron chi connectivity index (χ0n) is 10.3. The molecule has 0 aliphatic carbocycles. The Balaban J connectivity index is 1.95. The maximum atomic E-state index is 12.6. The Bertz CT molecular complexity index is 801. The molecule has 0 saturated heterocycles. The van der Waals surface area contributed by atoms with E-state index in [-0.39, 0.29) is 10.8 Å². The van der Waals surface area contributed by atoms with E-state index in [4.69, 9.17) is 16.4 Å². The number of rotatable bonds is 2. The van der Waals surface area contributed by atoms with E-state index >= 15 is 0 Å². The van der Waals surface area contributed by atoms with Gasteiger partial charge in [-0.15, -0.1) is 5.10 Å². The van der Waals surface area contributed by atoms with Crippen LogP contribution in [-0.2, 0) is 6.18 Å². The van der Waals surface area contributed by atoms with E-state index in [1.54, 1.807) is 24.3 Å². The van der Waals surface area contributed by atoms with Gasteiger partial charge in [0.15, 0.2) is 5.75 Å². The number of hydrogen-bond acceptors (Lipinski definition) is 3. The molecule has 0 radical (unpaired) electrons. The highest BCUT2D eigenvalue weighted by Gasteiger charge is 2.31. The van der Waals surface area contributed by atoms with E-state index in [9.17, 15) is 13.2 Å². The van der Waals surface area contributed by atoms with Gasteiger partial charge in [-0.05, 0) is 35.5 Å². The van der Waals surface area contributed by atoms with Crippen LogP contribution in [0.2, 0.25) is 5.02 Å². The topological polar surface area (TPSA) is 39.9 Å². The van der Waals surface area contributed by atoms with Gasteiger partial charge in [-0.2, -0.15) is 13.2 Å². The summed E-state index contributed by atoms with van der Waals surface area (Å²) in [5, 5.41) is 7.47. The van der Waals surface area contributed by atoms with Gasteiger partial charge < -0.3 is 4.84 Å². The predicted octanol–water partition coefficient (Wildman–Crippen LogP) is 3.95. The fraction of sp³-hybridized carbons (Fsp3) is 0.0769. The molecular formula is C13H7ClF3N3O. The molecule has 4 nitrogen and oxygen atoms in total. The van der Waals surface area contributed by atoms with Gasteiger partial charge in [0.05, 0.1) is 10.6 Å². The molecule has 0 atom stereocenters. The van der Waals surface area contributed by atoms with Crippen molar-refractivity contribution < 1.29 is 18.0 Å². The first-order chi connectivity index (χ1) is 9.95. The summed E-state index contributed by atoms with van der Waals surface area (Å²) in [5.41, 5.74) is 0.331. The van der Waals surface area contributed by atoms with Gasteiger partial charge in [0, 0.05) is 0 Å². The van der Waals surface area contributed by atoms with Gasteiger partial charge in [-0.1, -0.05) is 28.6 Å². The molecule has 0 fully saturated rings. The molecule has 1 heterocycles. The van der Waals surface area contributed by atoms with Crippen molar-refractivity contribution in [2.45, 2.75) is 6.18 Å². The number of alkyl halides is 3. The molecule has 0 unspecified atom stereocenters. The smallest absolute Gasteiger partial charge is 0.354 e. The van der Waals surface area contributed by atoms with Crippen molar-refractivity contribution in [1.29, 1.82) is 0 Å². The van der Waals surface area contributed by atoms with Crippen LogP contribution in [0.15, 0.2) is 42.5 Å². The number of fused-ring (bicyclic) bond motifs is 1. The molecule has 2 aromatic carbocycles. The average molecular weight is 314 g/mol. The van der Waals surface area contributed by atoms with Crippen LogP contribution in [0.3, 0.4) is 0 Å². The number of benzene rings is 2. The number of aromatic nitrogens is 3. The molecule has 3 rings (SSSR count). The van der Waals surface area contributed by atoms with E-state index in [1.165, 1.54) is 0 Å². The summed E-state index contributed by atoms with van der Waals surface area (Å²) in [4.78, 5) is 6.47. The summed E-state index contributed by atoms with van der Waals surface area (Å²) in [7, 11) is 0. The van der Waals surface area contributed by atoms with E-state index in [0.29, 0.717) is 11.0 Å². The summed E-state index contributed by atoms with van der Waals surface area (Å²) in [5.74, 6) is 0.0559. The number of halogens is 4. The van der Waals surface area contributed by atoms with Gasteiger partial charge >= 0.3 is 6.18 Å². The van der Waals surface area contributed by atoms with Crippen molar-refractivity contribution in [2.24, 2.45) is 0 Å². The normalized spacial score (nSPS) is 11.8. The summed E-state index contributed by atoms with van der Waals surface area (Å²) in [6, 6.07) is 9.83. The maximum Gasteiger partial charge on any atom is 0.416 e. The molecule has 1 aromatic heterocycles. The standard InChI is InChI=1S/C13H7ClF3N3O/c14-9-7-8(13(15,16)17)5-6-12(9)21-20-11-4-2-1-3-10(11)18-19-20/h1-7H. The fourth-order valence-corrected chi connectivity index (χ4v) is 1.97. The van der Waals surface area contributed by atoms with Gasteiger partial charge in [-0.3, -0.25) is 0 Å². The lowest BCUT2D eigenvalue weighted by molar-refractivity contribution is -0.137. The summed E-state index contributed by atoms with van der Waals surface area (Å²) >= 11 is 5.82. The highest BCUT2D eigenvalue weighted by Crippen LogP contribution is 2.34. The molecular weight excluding hydrogens is 307 g/mol. The van der Waals surface area contributed by atoms with Gasteiger partial charge in [0.25, 0.3) is 0 Å². The molecule has 8 heteroatoms. The first-order valence-corrected chi connectivity index (χ1v) is 6.18. The predicted molar refractivity (Wildman–Crippen MR) is 70.0 cm³/mol. The molecule has 0 amide bonds. The fourth-order valence-electron chi connectivity index (χ4n) is 1.76. The van der Waals surface area contributed by atoms with E-state index < -0.39 is 11.7 Å². The second kappa shape index (κ2) is 4.92. The molecule has 21 heavy (non-hydrogen) atoms. The molecule has 0 aliphatic heterocycles. The van der Waals surface area contributed by atoms with Gasteiger partial charge in [0.2, 0.25) is 0 Å². The maximum absolute atomic E-state index is 12.6. The molecule has 0 aliphatic rings. The van der Waals surface area contributed by atoms with Crippen molar-refractivity contribution in [3.8, 4) is 5.75 Å². The van der Waals surface area contributed by atoms with Crippen molar-refractivity contribution in [2.75, 3.05) is 0 Å². The van der Waals surface area contributed by atoms with Gasteiger partial charge in [-0.25, -0.2) is 0 Å². The van der Waals surface area contributed by atoms with E-state index in [0.717, 1.165) is 23.0 Å². The lowest BCUT2D eigenvalue weighted by Gasteiger charge is -2.10. The number of nitrogens with zero attached hydrogens (tertiary/aromatic N) is 3. The molecule has 0 spiro atoms. The van der Waals surface area contributed by atoms with Crippen LogP contribution in [-0.4, -0.2) is 15.2 Å². The molecule has 108 valence electrons. The second-order valence-corrected chi connectivity index (χ2v) is 4.59. The Morgan fingerprint density at radius 2 is 1.86 bits per heavy atom. The monoisotopic (exact) mass is 313 g/mol. The Hall–Kier alpha value is -2.28. The minimum atomic E-state index is -4.46. The Kier molecular flexibility index (Phi) is 3.21. The van der Waals surface area contributed by atoms with Crippen molar-refractivity contribution in [3.63, 3.8) is 0 Å². The number of hydrogen-bond donors (Lipinski definition) is 0. The molecule has 3 aromatic rings. The Morgan fingerprint density at radius 1 is 1.10 bits per heavy atom. The zero-order valence-corrected chi connectivity index (χ0v) is 11.1. The minimum Gasteiger partial charge on any atom is -0.354 e. The summed E-state index contributed by atoms with van der Waals surface area (Å²) < 4.78 is 37.7. The largest absolute Gasteiger partial charge is 0.416 e. The van der Waals surface area contributed by atoms with Crippen molar-refractivity contribution >= 4 is 22.6 Å². The van der Waals surface area contributed by atoms with Gasteiger partial charge in [0.1, 0.15) is 11.0 Å². The first kappa shape index (κ1) is 13.7. The Morgan fingerprint density at radius 3 is 2.57 bits per heavy atom. The van der Waals surface area contributed by atoms with E-state index in [2.05, 4.69) is 10.3 Å². The highest BCUT2D eigenvalue weighted by atomic mass is 35.5. The van der Waals surface area contributed by atoms with Crippen molar-refractivity contribution in [3.05, 3.63) is 53.1 Å². The molecule has 0 saturated carbocycles. The van der Waals surface area contributed by atoms with E-state index in [1.807, 2.05) is 0 Å². The first-order valence-electron chi connectivity index (χ1n) is 5.81. The second-order valence-electron chi connectivity index (χ2n) is 4.19. The highest BCUT2D eigenvalue weighted by molar-refractivity contribution is 6.32. The third-order valence-corrected chi connectivity index (χ3v) is 3.06. The quantitative estimate of drug-likeness (QED) is 0.719. The minimum absolute atomic E-state index is 0.0559. The SMILES string of the molecule is FC(F)(F)c1ccc(On2nnc3ccccc32)c(Cl)c1. The van der Waals surface area contributed by atoms with Crippen molar-refractivity contribution in [1.82, 2.24) is 15.2 Å². The number of para-hydroxylation sites is 1. The summed E-state index contributed by atoms with van der Waals surface area (Å²) in [6.07, 6.45) is -4.46. The van der Waals surface area contributed by atoms with Crippen LogP contribution in [0.25, 0.3) is 11.0 Å². The molecule has 0 bridgehead atoms.